The number of hydrogen-bond acceptors (Lipinski definition) is 0. The highest BCUT2D eigenvalue weighted by molar-refractivity contribution is 6.43. The van der Waals surface area contributed by atoms with E-state index < -0.39 is 27.3 Å². The highest BCUT2D eigenvalue weighted by Crippen LogP contribution is 2.54. The zero-order valence-corrected chi connectivity index (χ0v) is 7.49. The summed E-state index contributed by atoms with van der Waals surface area (Å²) in [4.78, 5) is 0. The number of hydrogen-bond donors (Lipinski definition) is 0. The molecule has 1 aliphatic rings. The summed E-state index contributed by atoms with van der Waals surface area (Å²) in [7, 11) is 0. The van der Waals surface area contributed by atoms with Crippen molar-refractivity contribution < 1.29 is 17.6 Å². The molecule has 0 aromatic rings. The van der Waals surface area contributed by atoms with E-state index in [9.17, 15) is 17.6 Å². The molecule has 0 radical (unpaired) electrons. The van der Waals surface area contributed by atoms with Crippen LogP contribution in [0.3, 0.4) is 0 Å². The fourth-order valence-electron chi connectivity index (χ4n) is 0.743. The van der Waals surface area contributed by atoms with Crippen LogP contribution in [0.15, 0.2) is 10.1 Å². The summed E-state index contributed by atoms with van der Waals surface area (Å²) in [5.41, 5.74) is 0. The Kier molecular flexibility index (Phi) is 2.31. The first-order valence-electron chi connectivity index (χ1n) is 2.68. The highest BCUT2D eigenvalue weighted by atomic mass is 35.5. The van der Waals surface area contributed by atoms with Crippen LogP contribution in [0.2, 0.25) is 0 Å². The minimum Gasteiger partial charge on any atom is -0.198 e. The lowest BCUT2D eigenvalue weighted by Crippen LogP contribution is -2.36. The van der Waals surface area contributed by atoms with Crippen LogP contribution in [-0.2, 0) is 0 Å². The van der Waals surface area contributed by atoms with Crippen molar-refractivity contribution in [3.63, 3.8) is 0 Å². The Morgan fingerprint density at radius 1 is 0.917 bits per heavy atom. The molecule has 0 nitrogen and oxygen atoms in total. The fourth-order valence-corrected chi connectivity index (χ4v) is 1.54. The molecule has 0 saturated heterocycles. The lowest BCUT2D eigenvalue weighted by Gasteiger charge is -2.17. The Labute approximate surface area is 80.1 Å². The van der Waals surface area contributed by atoms with Gasteiger partial charge in [-0.15, -0.1) is 11.6 Å². The zero-order valence-electron chi connectivity index (χ0n) is 5.22. The third-order valence-electron chi connectivity index (χ3n) is 1.41. The number of allylic oxidation sites excluding steroid dienone is 2. The molecule has 0 aromatic carbocycles. The molecule has 7 heteroatoms. The van der Waals surface area contributed by atoms with Gasteiger partial charge >= 0.3 is 11.8 Å². The molecule has 0 fully saturated rings. The standard InChI is InChI=1S/C5HCl3F4/c6-1-2(7)5(11,12)3(8)4(1,9)10/h3H. The molecule has 0 amide bonds. The minimum atomic E-state index is -3.95. The molecule has 0 heterocycles. The van der Waals surface area contributed by atoms with Gasteiger partial charge in [0.25, 0.3) is 0 Å². The minimum absolute atomic E-state index is 1.38. The van der Waals surface area contributed by atoms with E-state index in [1.807, 2.05) is 0 Å². The monoisotopic (exact) mass is 242 g/mol. The van der Waals surface area contributed by atoms with Crippen molar-refractivity contribution in [3.8, 4) is 0 Å². The van der Waals surface area contributed by atoms with E-state index in [0.29, 0.717) is 0 Å². The fraction of sp³-hybridized carbons (Fsp3) is 0.600. The SMILES string of the molecule is FC1(F)C(Cl)=C(Cl)C(F)(F)C1Cl. The third-order valence-corrected chi connectivity index (χ3v) is 2.94. The van der Waals surface area contributed by atoms with Crippen LogP contribution in [0.4, 0.5) is 17.6 Å². The van der Waals surface area contributed by atoms with E-state index in [-0.39, 0.29) is 0 Å². The zero-order chi connectivity index (χ0) is 9.73. The second-order valence-electron chi connectivity index (χ2n) is 2.24. The summed E-state index contributed by atoms with van der Waals surface area (Å²) >= 11 is 14.5. The van der Waals surface area contributed by atoms with E-state index >= 15 is 0 Å². The van der Waals surface area contributed by atoms with Crippen LogP contribution in [0.25, 0.3) is 0 Å². The van der Waals surface area contributed by atoms with Gasteiger partial charge in [-0.25, -0.2) is 0 Å². The smallest absolute Gasteiger partial charge is 0.198 e. The third kappa shape index (κ3) is 1.12. The summed E-state index contributed by atoms with van der Waals surface area (Å²) in [5.74, 6) is -7.91. The molecule has 0 bridgehead atoms. The maximum Gasteiger partial charge on any atom is 0.307 e. The molecular weight excluding hydrogens is 242 g/mol. The van der Waals surface area contributed by atoms with Gasteiger partial charge < -0.3 is 0 Å². The second kappa shape index (κ2) is 2.66. The lowest BCUT2D eigenvalue weighted by molar-refractivity contribution is -0.0326. The van der Waals surface area contributed by atoms with Gasteiger partial charge in [0.15, 0.2) is 5.38 Å². The van der Waals surface area contributed by atoms with Gasteiger partial charge in [0.2, 0.25) is 0 Å². The second-order valence-corrected chi connectivity index (χ2v) is 3.43. The van der Waals surface area contributed by atoms with Crippen LogP contribution < -0.4 is 0 Å². The van der Waals surface area contributed by atoms with Crippen LogP contribution >= 0.6 is 34.8 Å². The van der Waals surface area contributed by atoms with E-state index in [4.69, 9.17) is 34.8 Å². The number of halogens is 7. The van der Waals surface area contributed by atoms with Gasteiger partial charge in [0, 0.05) is 0 Å². The molecule has 0 N–H and O–H groups in total. The van der Waals surface area contributed by atoms with Gasteiger partial charge in [-0.1, -0.05) is 23.2 Å². The van der Waals surface area contributed by atoms with E-state index in [2.05, 4.69) is 0 Å². The molecule has 1 aliphatic carbocycles. The molecule has 12 heavy (non-hydrogen) atoms. The average Bonchev–Trinajstić information content (AvgIpc) is 2.06. The van der Waals surface area contributed by atoms with Gasteiger partial charge in [0.1, 0.15) is 10.1 Å². The maximum absolute atomic E-state index is 12.6. The predicted octanol–water partition coefficient (Wildman–Crippen LogP) is 3.57. The Morgan fingerprint density at radius 2 is 1.17 bits per heavy atom. The molecule has 0 aromatic heterocycles. The maximum atomic E-state index is 12.6. The highest BCUT2D eigenvalue weighted by Gasteiger charge is 2.65. The molecule has 0 aliphatic heterocycles. The summed E-state index contributed by atoms with van der Waals surface area (Å²) in [6, 6.07) is 0. The molecule has 0 unspecified atom stereocenters. The molecule has 1 rings (SSSR count). The van der Waals surface area contributed by atoms with Gasteiger partial charge in [-0.05, 0) is 0 Å². The van der Waals surface area contributed by atoms with Crippen molar-refractivity contribution in [2.45, 2.75) is 17.2 Å². The molecule has 0 saturated carbocycles. The number of alkyl halides is 5. The Hall–Kier alpha value is 0.330. The Morgan fingerprint density at radius 3 is 1.25 bits per heavy atom. The van der Waals surface area contributed by atoms with Crippen molar-refractivity contribution in [3.05, 3.63) is 10.1 Å². The molecular formula is C5HCl3F4. The van der Waals surface area contributed by atoms with Crippen molar-refractivity contribution in [1.29, 1.82) is 0 Å². The van der Waals surface area contributed by atoms with Gasteiger partial charge in [0.05, 0.1) is 0 Å². The van der Waals surface area contributed by atoms with Crippen LogP contribution in [0.1, 0.15) is 0 Å². The summed E-state index contributed by atoms with van der Waals surface area (Å²) < 4.78 is 50.4. The molecule has 0 atom stereocenters. The van der Waals surface area contributed by atoms with Gasteiger partial charge in [-0.3, -0.25) is 0 Å². The van der Waals surface area contributed by atoms with Crippen molar-refractivity contribution in [2.75, 3.05) is 0 Å². The number of rotatable bonds is 0. The summed E-state index contributed by atoms with van der Waals surface area (Å²) in [6.07, 6.45) is 0. The average molecular weight is 243 g/mol. The van der Waals surface area contributed by atoms with Crippen molar-refractivity contribution in [1.82, 2.24) is 0 Å². The van der Waals surface area contributed by atoms with E-state index in [1.165, 1.54) is 0 Å². The van der Waals surface area contributed by atoms with Gasteiger partial charge in [-0.2, -0.15) is 17.6 Å². The Bertz CT molecular complexity index is 223. The van der Waals surface area contributed by atoms with Crippen LogP contribution in [0, 0.1) is 0 Å². The van der Waals surface area contributed by atoms with Crippen LogP contribution in [-0.4, -0.2) is 17.2 Å². The first kappa shape index (κ1) is 10.4. The molecule has 70 valence electrons. The largest absolute Gasteiger partial charge is 0.307 e. The predicted molar refractivity (Wildman–Crippen MR) is 38.3 cm³/mol. The van der Waals surface area contributed by atoms with E-state index in [0.717, 1.165) is 0 Å². The Balaban J connectivity index is 3.22. The first-order valence-corrected chi connectivity index (χ1v) is 3.87. The molecule has 0 spiro atoms. The quantitative estimate of drug-likeness (QED) is 0.451. The summed E-state index contributed by atoms with van der Waals surface area (Å²) in [6.45, 7) is 0. The topological polar surface area (TPSA) is 0 Å². The lowest BCUT2D eigenvalue weighted by atomic mass is 10.2. The van der Waals surface area contributed by atoms with Crippen molar-refractivity contribution in [2.24, 2.45) is 0 Å². The van der Waals surface area contributed by atoms with E-state index in [1.54, 1.807) is 0 Å². The summed E-state index contributed by atoms with van der Waals surface area (Å²) in [5, 5.41) is -5.46. The van der Waals surface area contributed by atoms with Crippen molar-refractivity contribution >= 4 is 34.8 Å². The normalized spacial score (nSPS) is 28.2. The van der Waals surface area contributed by atoms with Crippen LogP contribution in [0.5, 0.6) is 0 Å². The first-order chi connectivity index (χ1) is 5.22.